The number of fused-ring (bicyclic) bond motifs is 1. The minimum atomic E-state index is -2.98. The standard InChI is InChI=1S/C24H28ClN3O4S/c1-14(27-22(29)20-7-8-21(31-20)33(26,30)13-15-3-4-15)10-24(2)11-16(12-24)23-28-18-9-17(25)5-6-19(18)32-23/h5-9,14-16,26H,3-4,10-13H2,1-2H3,(H,27,29)/t14-,16?,24?,33?/m0/s1. The van der Waals surface area contributed by atoms with Crippen molar-refractivity contribution in [2.24, 2.45) is 11.3 Å². The summed E-state index contributed by atoms with van der Waals surface area (Å²) in [6, 6.07) is 8.40. The topological polar surface area (TPSA) is 109 Å². The number of benzene rings is 1. The van der Waals surface area contributed by atoms with E-state index < -0.39 is 9.73 Å². The number of amides is 1. The second-order valence-corrected chi connectivity index (χ2v) is 12.6. The number of aromatic nitrogens is 1. The maximum Gasteiger partial charge on any atom is 0.287 e. The van der Waals surface area contributed by atoms with Crippen LogP contribution < -0.4 is 5.32 Å². The minimum absolute atomic E-state index is 0.0636. The molecule has 9 heteroatoms. The summed E-state index contributed by atoms with van der Waals surface area (Å²) in [7, 11) is -2.98. The van der Waals surface area contributed by atoms with Gasteiger partial charge in [0, 0.05) is 22.7 Å². The molecule has 1 unspecified atom stereocenters. The van der Waals surface area contributed by atoms with Gasteiger partial charge < -0.3 is 14.2 Å². The molecule has 2 fully saturated rings. The van der Waals surface area contributed by atoms with E-state index >= 15 is 0 Å². The molecule has 0 saturated heterocycles. The van der Waals surface area contributed by atoms with E-state index in [1.165, 1.54) is 12.1 Å². The molecule has 0 aliphatic heterocycles. The first-order valence-corrected chi connectivity index (χ1v) is 13.4. The molecule has 5 rings (SSSR count). The Labute approximate surface area is 198 Å². The molecule has 2 heterocycles. The molecule has 3 aromatic rings. The molecule has 2 aromatic heterocycles. The Bertz CT molecular complexity index is 1300. The van der Waals surface area contributed by atoms with Gasteiger partial charge in [0.25, 0.3) is 5.91 Å². The SMILES string of the molecule is C[C@@H](CC1(C)CC(c2nc3cc(Cl)ccc3o2)C1)NC(=O)c1ccc(S(=N)(=O)CC2CC2)o1. The van der Waals surface area contributed by atoms with E-state index in [2.05, 4.69) is 17.2 Å². The maximum absolute atomic E-state index is 12.6. The molecule has 2 aliphatic rings. The highest BCUT2D eigenvalue weighted by molar-refractivity contribution is 7.92. The van der Waals surface area contributed by atoms with Crippen molar-refractivity contribution >= 4 is 38.3 Å². The fourth-order valence-corrected chi connectivity index (χ4v) is 6.81. The van der Waals surface area contributed by atoms with Crippen LogP contribution in [0.3, 0.4) is 0 Å². The maximum atomic E-state index is 12.6. The van der Waals surface area contributed by atoms with Gasteiger partial charge in [-0.15, -0.1) is 0 Å². The summed E-state index contributed by atoms with van der Waals surface area (Å²) in [6.45, 7) is 4.19. The lowest BCUT2D eigenvalue weighted by Crippen LogP contribution is -2.41. The lowest BCUT2D eigenvalue weighted by atomic mass is 9.60. The highest BCUT2D eigenvalue weighted by Crippen LogP contribution is 2.53. The van der Waals surface area contributed by atoms with Gasteiger partial charge in [0.2, 0.25) is 0 Å². The van der Waals surface area contributed by atoms with Crippen LogP contribution in [0.15, 0.2) is 44.3 Å². The Balaban J connectivity index is 1.15. The predicted molar refractivity (Wildman–Crippen MR) is 126 cm³/mol. The van der Waals surface area contributed by atoms with Gasteiger partial charge >= 0.3 is 0 Å². The van der Waals surface area contributed by atoms with Gasteiger partial charge in [-0.1, -0.05) is 18.5 Å². The Kier molecular flexibility index (Phi) is 5.56. The first-order chi connectivity index (χ1) is 15.6. The van der Waals surface area contributed by atoms with Crippen molar-refractivity contribution in [1.82, 2.24) is 10.3 Å². The highest BCUT2D eigenvalue weighted by Gasteiger charge is 2.44. The molecular weight excluding hydrogens is 462 g/mol. The number of nitrogens with one attached hydrogen (secondary N) is 2. The van der Waals surface area contributed by atoms with Crippen LogP contribution in [0.4, 0.5) is 0 Å². The van der Waals surface area contributed by atoms with Crippen molar-refractivity contribution in [2.45, 2.75) is 63.0 Å². The number of carbonyl (C=O) groups excluding carboxylic acids is 1. The Morgan fingerprint density at radius 2 is 2.06 bits per heavy atom. The van der Waals surface area contributed by atoms with Crippen LogP contribution in [0.25, 0.3) is 11.1 Å². The van der Waals surface area contributed by atoms with E-state index in [1.807, 2.05) is 19.1 Å². The number of carbonyl (C=O) groups is 1. The van der Waals surface area contributed by atoms with Gasteiger partial charge in [-0.25, -0.2) is 14.0 Å². The molecule has 0 bridgehead atoms. The summed E-state index contributed by atoms with van der Waals surface area (Å²) in [6.07, 6.45) is 4.71. The lowest BCUT2D eigenvalue weighted by Gasteiger charge is -2.45. The van der Waals surface area contributed by atoms with Gasteiger partial charge in [0.15, 0.2) is 22.3 Å². The first kappa shape index (κ1) is 22.5. The van der Waals surface area contributed by atoms with Crippen molar-refractivity contribution in [3.8, 4) is 0 Å². The monoisotopic (exact) mass is 489 g/mol. The summed E-state index contributed by atoms with van der Waals surface area (Å²) < 4.78 is 32.1. The molecule has 0 radical (unpaired) electrons. The second-order valence-electron chi connectivity index (χ2n) is 10.1. The molecule has 2 saturated carbocycles. The molecule has 176 valence electrons. The van der Waals surface area contributed by atoms with Crippen molar-refractivity contribution in [3.05, 3.63) is 47.0 Å². The van der Waals surface area contributed by atoms with E-state index in [-0.39, 0.29) is 34.1 Å². The third kappa shape index (κ3) is 4.82. The number of furan rings is 1. The third-order valence-corrected chi connectivity index (χ3v) is 8.71. The quantitative estimate of drug-likeness (QED) is 0.404. The van der Waals surface area contributed by atoms with Gasteiger partial charge in [-0.05, 0) is 80.7 Å². The second kappa shape index (κ2) is 8.17. The zero-order chi connectivity index (χ0) is 23.4. The van der Waals surface area contributed by atoms with Crippen LogP contribution in [0.5, 0.6) is 0 Å². The number of hydrogen-bond donors (Lipinski definition) is 2. The summed E-state index contributed by atoms with van der Waals surface area (Å²) in [5.74, 6) is 1.42. The van der Waals surface area contributed by atoms with Crippen LogP contribution >= 0.6 is 11.6 Å². The van der Waals surface area contributed by atoms with Crippen molar-refractivity contribution in [3.63, 3.8) is 0 Å². The van der Waals surface area contributed by atoms with Gasteiger partial charge in [0.1, 0.15) is 15.2 Å². The molecule has 1 amide bonds. The fraction of sp³-hybridized carbons (Fsp3) is 0.500. The molecule has 7 nitrogen and oxygen atoms in total. The van der Waals surface area contributed by atoms with E-state index in [1.54, 1.807) is 6.07 Å². The molecule has 33 heavy (non-hydrogen) atoms. The van der Waals surface area contributed by atoms with Crippen LogP contribution in [0.1, 0.15) is 68.3 Å². The van der Waals surface area contributed by atoms with E-state index in [4.69, 9.17) is 25.2 Å². The summed E-state index contributed by atoms with van der Waals surface area (Å²) in [5.41, 5.74) is 1.59. The van der Waals surface area contributed by atoms with Crippen LogP contribution in [0, 0.1) is 16.1 Å². The number of nitrogens with zero attached hydrogens (tertiary/aromatic N) is 1. The minimum Gasteiger partial charge on any atom is -0.441 e. The average Bonchev–Trinajstić information content (AvgIpc) is 3.22. The Morgan fingerprint density at radius 3 is 2.79 bits per heavy atom. The van der Waals surface area contributed by atoms with Gasteiger partial charge in [-0.2, -0.15) is 0 Å². The van der Waals surface area contributed by atoms with Crippen molar-refractivity contribution < 1.29 is 17.8 Å². The predicted octanol–water partition coefficient (Wildman–Crippen LogP) is 5.98. The number of rotatable bonds is 8. The van der Waals surface area contributed by atoms with Crippen LogP contribution in [0.2, 0.25) is 5.02 Å². The van der Waals surface area contributed by atoms with Crippen LogP contribution in [-0.4, -0.2) is 26.9 Å². The van der Waals surface area contributed by atoms with Gasteiger partial charge in [0.05, 0.1) is 0 Å². The molecule has 0 spiro atoms. The third-order valence-electron chi connectivity index (χ3n) is 6.67. The molecule has 2 N–H and O–H groups in total. The molecular formula is C24H28ClN3O4S. The van der Waals surface area contributed by atoms with E-state index in [0.717, 1.165) is 49.1 Å². The van der Waals surface area contributed by atoms with Crippen LogP contribution in [-0.2, 0) is 9.73 Å². The summed E-state index contributed by atoms with van der Waals surface area (Å²) in [5, 5.41) is 3.72. The largest absolute Gasteiger partial charge is 0.441 e. The fourth-order valence-electron chi connectivity index (χ4n) is 4.97. The summed E-state index contributed by atoms with van der Waals surface area (Å²) in [4.78, 5) is 17.2. The normalized spacial score (nSPS) is 25.4. The highest BCUT2D eigenvalue weighted by atomic mass is 35.5. The van der Waals surface area contributed by atoms with Crippen molar-refractivity contribution in [2.75, 3.05) is 5.75 Å². The first-order valence-electron chi connectivity index (χ1n) is 11.3. The van der Waals surface area contributed by atoms with E-state index in [9.17, 15) is 9.00 Å². The summed E-state index contributed by atoms with van der Waals surface area (Å²) >= 11 is 6.04. The Hall–Kier alpha value is -2.32. The number of halogens is 1. The molecule has 2 atom stereocenters. The lowest BCUT2D eigenvalue weighted by molar-refractivity contribution is 0.0756. The average molecular weight is 490 g/mol. The molecule has 2 aliphatic carbocycles. The smallest absolute Gasteiger partial charge is 0.287 e. The van der Waals surface area contributed by atoms with E-state index in [0.29, 0.717) is 16.7 Å². The Morgan fingerprint density at radius 1 is 1.30 bits per heavy atom. The van der Waals surface area contributed by atoms with Gasteiger partial charge in [-0.3, -0.25) is 4.79 Å². The molecule has 1 aromatic carbocycles. The zero-order valence-corrected chi connectivity index (χ0v) is 20.3. The van der Waals surface area contributed by atoms with Crippen molar-refractivity contribution in [1.29, 1.82) is 4.78 Å². The number of hydrogen-bond acceptors (Lipinski definition) is 6. The zero-order valence-electron chi connectivity index (χ0n) is 18.7. The number of oxazole rings is 1.